The third-order valence-electron chi connectivity index (χ3n) is 5.33. The zero-order valence-corrected chi connectivity index (χ0v) is 13.2. The van der Waals surface area contributed by atoms with Gasteiger partial charge in [0, 0.05) is 31.2 Å². The minimum absolute atomic E-state index is 0.672. The molecule has 1 saturated carbocycles. The minimum atomic E-state index is 0.672. The fourth-order valence-corrected chi connectivity index (χ4v) is 3.81. The lowest BCUT2D eigenvalue weighted by molar-refractivity contribution is 0.143. The molecule has 2 unspecified atom stereocenters. The van der Waals surface area contributed by atoms with Gasteiger partial charge in [0.2, 0.25) is 0 Å². The predicted octanol–water partition coefficient (Wildman–Crippen LogP) is 2.32. The van der Waals surface area contributed by atoms with Gasteiger partial charge in [-0.15, -0.1) is 0 Å². The number of rotatable bonds is 3. The Morgan fingerprint density at radius 1 is 1.05 bits per heavy atom. The van der Waals surface area contributed by atoms with Gasteiger partial charge in [0.05, 0.1) is 0 Å². The van der Waals surface area contributed by atoms with E-state index in [1.54, 1.807) is 0 Å². The van der Waals surface area contributed by atoms with Crippen LogP contribution in [0.3, 0.4) is 0 Å². The van der Waals surface area contributed by atoms with Crippen LogP contribution in [0.25, 0.3) is 0 Å². The average Bonchev–Trinajstić information content (AvgIpc) is 2.75. The van der Waals surface area contributed by atoms with Crippen molar-refractivity contribution in [2.75, 3.05) is 33.7 Å². The maximum atomic E-state index is 3.38. The molecule has 112 valence electrons. The topological polar surface area (TPSA) is 18.5 Å². The normalized spacial score (nSPS) is 33.0. The minimum Gasteiger partial charge on any atom is -0.318 e. The summed E-state index contributed by atoms with van der Waals surface area (Å²) < 4.78 is 0. The lowest BCUT2D eigenvalue weighted by Crippen LogP contribution is -2.48. The Morgan fingerprint density at radius 2 is 1.74 bits per heavy atom. The van der Waals surface area contributed by atoms with Crippen LogP contribution < -0.4 is 5.32 Å². The monoisotopic (exact) mass is 267 g/mol. The second-order valence-electron chi connectivity index (χ2n) is 6.65. The van der Waals surface area contributed by atoms with Crippen LogP contribution in [0.15, 0.2) is 0 Å². The zero-order valence-electron chi connectivity index (χ0n) is 13.2. The first-order valence-corrected chi connectivity index (χ1v) is 8.33. The molecule has 19 heavy (non-hydrogen) atoms. The van der Waals surface area contributed by atoms with Crippen LogP contribution >= 0.6 is 0 Å². The molecule has 3 nitrogen and oxygen atoms in total. The van der Waals surface area contributed by atoms with Crippen molar-refractivity contribution in [2.45, 2.75) is 70.0 Å². The van der Waals surface area contributed by atoms with Crippen molar-refractivity contribution in [2.24, 2.45) is 0 Å². The fourth-order valence-electron chi connectivity index (χ4n) is 3.81. The third-order valence-corrected chi connectivity index (χ3v) is 5.33. The van der Waals surface area contributed by atoms with Crippen LogP contribution in [0, 0.1) is 0 Å². The van der Waals surface area contributed by atoms with E-state index in [1.165, 1.54) is 58.0 Å². The molecule has 1 heterocycles. The molecule has 1 N–H and O–H groups in total. The molecule has 0 spiro atoms. The molecule has 0 aromatic heterocycles. The van der Waals surface area contributed by atoms with Crippen LogP contribution in [0.5, 0.6) is 0 Å². The molecule has 1 aliphatic heterocycles. The van der Waals surface area contributed by atoms with Crippen molar-refractivity contribution < 1.29 is 0 Å². The highest BCUT2D eigenvalue weighted by atomic mass is 15.3. The maximum absolute atomic E-state index is 3.38. The molecular formula is C16H33N3. The molecule has 2 fully saturated rings. The SMILES string of the molecule is CNCC1CN(C2CCCCCC2)CCC(C)N1C. The molecule has 1 aliphatic carbocycles. The number of nitrogens with zero attached hydrogens (tertiary/aromatic N) is 2. The Kier molecular flexibility index (Phi) is 6.11. The molecule has 3 heteroatoms. The first kappa shape index (κ1) is 15.3. The van der Waals surface area contributed by atoms with Gasteiger partial charge in [0.15, 0.2) is 0 Å². The Balaban J connectivity index is 1.99. The number of hydrogen-bond donors (Lipinski definition) is 1. The van der Waals surface area contributed by atoms with Crippen molar-refractivity contribution in [3.8, 4) is 0 Å². The molecule has 0 aromatic carbocycles. The Labute approximate surface area is 119 Å². The van der Waals surface area contributed by atoms with Crippen molar-refractivity contribution in [3.05, 3.63) is 0 Å². The average molecular weight is 267 g/mol. The van der Waals surface area contributed by atoms with E-state index in [4.69, 9.17) is 0 Å². The van der Waals surface area contributed by atoms with E-state index in [1.807, 2.05) is 0 Å². The Morgan fingerprint density at radius 3 is 2.37 bits per heavy atom. The molecular weight excluding hydrogens is 234 g/mol. The van der Waals surface area contributed by atoms with Gasteiger partial charge in [0.1, 0.15) is 0 Å². The molecule has 1 saturated heterocycles. The van der Waals surface area contributed by atoms with E-state index >= 15 is 0 Å². The molecule has 0 amide bonds. The van der Waals surface area contributed by atoms with Gasteiger partial charge < -0.3 is 5.32 Å². The van der Waals surface area contributed by atoms with E-state index in [-0.39, 0.29) is 0 Å². The zero-order chi connectivity index (χ0) is 13.7. The summed E-state index contributed by atoms with van der Waals surface area (Å²) in [5.74, 6) is 0. The van der Waals surface area contributed by atoms with Crippen molar-refractivity contribution >= 4 is 0 Å². The lowest BCUT2D eigenvalue weighted by atomic mass is 10.1. The van der Waals surface area contributed by atoms with Crippen LogP contribution in [-0.2, 0) is 0 Å². The van der Waals surface area contributed by atoms with Crippen LogP contribution in [-0.4, -0.2) is 61.7 Å². The molecule has 2 atom stereocenters. The van der Waals surface area contributed by atoms with Crippen molar-refractivity contribution in [3.63, 3.8) is 0 Å². The van der Waals surface area contributed by atoms with Gasteiger partial charge in [-0.3, -0.25) is 9.80 Å². The summed E-state index contributed by atoms with van der Waals surface area (Å²) in [7, 11) is 4.39. The molecule has 0 radical (unpaired) electrons. The third kappa shape index (κ3) is 4.17. The summed E-state index contributed by atoms with van der Waals surface area (Å²) in [4.78, 5) is 5.40. The standard InChI is InChI=1S/C16H33N3/c1-14-10-11-19(13-16(12-17-2)18(14)3)15-8-6-4-5-7-9-15/h14-17H,4-13H2,1-3H3. The Hall–Kier alpha value is -0.120. The van der Waals surface area contributed by atoms with Gasteiger partial charge in [-0.05, 0) is 46.8 Å². The number of hydrogen-bond acceptors (Lipinski definition) is 3. The van der Waals surface area contributed by atoms with Crippen molar-refractivity contribution in [1.29, 1.82) is 0 Å². The Bertz CT molecular complexity index is 248. The second-order valence-corrected chi connectivity index (χ2v) is 6.65. The highest BCUT2D eigenvalue weighted by molar-refractivity contribution is 4.87. The summed E-state index contributed by atoms with van der Waals surface area (Å²) in [5.41, 5.74) is 0. The van der Waals surface area contributed by atoms with E-state index < -0.39 is 0 Å². The first-order chi connectivity index (χ1) is 9.22. The van der Waals surface area contributed by atoms with Gasteiger partial charge in [0.25, 0.3) is 0 Å². The van der Waals surface area contributed by atoms with Gasteiger partial charge in [-0.25, -0.2) is 0 Å². The lowest BCUT2D eigenvalue weighted by Gasteiger charge is -2.34. The number of likely N-dealkylation sites (N-methyl/N-ethyl adjacent to an activating group) is 2. The van der Waals surface area contributed by atoms with E-state index in [0.717, 1.165) is 12.6 Å². The molecule has 2 rings (SSSR count). The second kappa shape index (κ2) is 7.61. The summed E-state index contributed by atoms with van der Waals surface area (Å²) in [6.07, 6.45) is 10.0. The fraction of sp³-hybridized carbons (Fsp3) is 1.00. The molecule has 0 aromatic rings. The summed E-state index contributed by atoms with van der Waals surface area (Å²) in [6, 6.07) is 2.25. The van der Waals surface area contributed by atoms with Crippen LogP contribution in [0.4, 0.5) is 0 Å². The van der Waals surface area contributed by atoms with E-state index in [0.29, 0.717) is 12.1 Å². The van der Waals surface area contributed by atoms with Crippen molar-refractivity contribution in [1.82, 2.24) is 15.1 Å². The molecule has 0 bridgehead atoms. The largest absolute Gasteiger partial charge is 0.318 e. The smallest absolute Gasteiger partial charge is 0.0347 e. The van der Waals surface area contributed by atoms with Gasteiger partial charge in [-0.2, -0.15) is 0 Å². The first-order valence-electron chi connectivity index (χ1n) is 8.33. The maximum Gasteiger partial charge on any atom is 0.0347 e. The highest BCUT2D eigenvalue weighted by Gasteiger charge is 2.29. The van der Waals surface area contributed by atoms with Gasteiger partial charge >= 0.3 is 0 Å². The predicted molar refractivity (Wildman–Crippen MR) is 82.6 cm³/mol. The van der Waals surface area contributed by atoms with E-state index in [9.17, 15) is 0 Å². The summed E-state index contributed by atoms with van der Waals surface area (Å²) >= 11 is 0. The summed E-state index contributed by atoms with van der Waals surface area (Å²) in [5, 5.41) is 3.38. The van der Waals surface area contributed by atoms with E-state index in [2.05, 4.69) is 36.1 Å². The highest BCUT2D eigenvalue weighted by Crippen LogP contribution is 2.25. The quantitative estimate of drug-likeness (QED) is 0.792. The molecule has 2 aliphatic rings. The summed E-state index contributed by atoms with van der Waals surface area (Å²) in [6.45, 7) is 6.06. The van der Waals surface area contributed by atoms with Crippen LogP contribution in [0.2, 0.25) is 0 Å². The van der Waals surface area contributed by atoms with Gasteiger partial charge in [-0.1, -0.05) is 25.7 Å². The van der Waals surface area contributed by atoms with Crippen LogP contribution in [0.1, 0.15) is 51.9 Å². The number of nitrogens with one attached hydrogen (secondary N) is 1.